The van der Waals surface area contributed by atoms with Gasteiger partial charge >= 0.3 is 0 Å². The first-order chi connectivity index (χ1) is 8.92. The van der Waals surface area contributed by atoms with E-state index in [0.29, 0.717) is 6.61 Å². The van der Waals surface area contributed by atoms with E-state index in [4.69, 9.17) is 4.84 Å². The average molecular weight is 237 g/mol. The molecule has 2 nitrogen and oxygen atoms in total. The Kier molecular flexibility index (Phi) is 2.85. The summed E-state index contributed by atoms with van der Waals surface area (Å²) in [4.78, 5) is 5.37. The molecule has 0 unspecified atom stereocenters. The van der Waals surface area contributed by atoms with Crippen molar-refractivity contribution in [2.24, 2.45) is 5.16 Å². The molecule has 0 aliphatic heterocycles. The molecule has 1 aliphatic carbocycles. The molecule has 0 N–H and O–H groups in total. The molecule has 0 amide bonds. The molecule has 0 radical (unpaired) electrons. The van der Waals surface area contributed by atoms with Crippen LogP contribution in [-0.2, 0) is 4.84 Å². The van der Waals surface area contributed by atoms with Crippen LogP contribution < -0.4 is 0 Å². The van der Waals surface area contributed by atoms with Gasteiger partial charge in [-0.2, -0.15) is 0 Å². The third kappa shape index (κ3) is 1.70. The van der Waals surface area contributed by atoms with Crippen molar-refractivity contribution in [1.29, 1.82) is 0 Å². The monoisotopic (exact) mass is 237 g/mol. The van der Waals surface area contributed by atoms with Crippen LogP contribution in [0.5, 0.6) is 0 Å². The highest BCUT2D eigenvalue weighted by atomic mass is 16.6. The smallest absolute Gasteiger partial charge is 0.118 e. The maximum absolute atomic E-state index is 5.37. The summed E-state index contributed by atoms with van der Waals surface area (Å²) in [6.45, 7) is 2.74. The van der Waals surface area contributed by atoms with Gasteiger partial charge in [0.15, 0.2) is 0 Å². The van der Waals surface area contributed by atoms with Gasteiger partial charge in [0, 0.05) is 11.1 Å². The van der Waals surface area contributed by atoms with Crippen molar-refractivity contribution in [1.82, 2.24) is 0 Å². The van der Waals surface area contributed by atoms with Gasteiger partial charge in [0.2, 0.25) is 0 Å². The van der Waals surface area contributed by atoms with Gasteiger partial charge < -0.3 is 4.84 Å². The van der Waals surface area contributed by atoms with Crippen LogP contribution in [0.2, 0.25) is 0 Å². The minimum absolute atomic E-state index is 0.661. The van der Waals surface area contributed by atoms with Gasteiger partial charge in [-0.05, 0) is 17.5 Å². The molecule has 0 heterocycles. The highest BCUT2D eigenvalue weighted by molar-refractivity contribution is 6.24. The van der Waals surface area contributed by atoms with Crippen molar-refractivity contribution < 1.29 is 4.84 Å². The molecule has 1 aliphatic rings. The predicted molar refractivity (Wildman–Crippen MR) is 73.8 cm³/mol. The number of oxime groups is 1. The fourth-order valence-electron chi connectivity index (χ4n) is 2.29. The van der Waals surface area contributed by atoms with Crippen molar-refractivity contribution in [3.8, 4) is 11.1 Å². The van der Waals surface area contributed by atoms with Gasteiger partial charge in [0.25, 0.3) is 0 Å². The Labute approximate surface area is 107 Å². The summed E-state index contributed by atoms with van der Waals surface area (Å²) in [5.74, 6) is 0. The molecule has 0 bridgehead atoms. The third-order valence-corrected chi connectivity index (χ3v) is 3.11. The van der Waals surface area contributed by atoms with Gasteiger partial charge in [0.1, 0.15) is 12.3 Å². The molecule has 18 heavy (non-hydrogen) atoms. The van der Waals surface area contributed by atoms with E-state index >= 15 is 0 Å². The first kappa shape index (κ1) is 11.0. The van der Waals surface area contributed by atoms with Crippen molar-refractivity contribution in [2.45, 2.75) is 13.3 Å². The van der Waals surface area contributed by atoms with Crippen LogP contribution in [0, 0.1) is 0 Å². The van der Waals surface area contributed by atoms with Gasteiger partial charge in [-0.1, -0.05) is 60.6 Å². The standard InChI is InChI=1S/C16H15NO/c1-2-11-18-17-16-14-9-5-3-7-12(14)13-8-4-6-10-15(13)16/h3-10H,2,11H2,1H3. The van der Waals surface area contributed by atoms with Gasteiger partial charge in [-0.3, -0.25) is 0 Å². The second-order valence-corrected chi connectivity index (χ2v) is 4.36. The predicted octanol–water partition coefficient (Wildman–Crippen LogP) is 3.85. The lowest BCUT2D eigenvalue weighted by Crippen LogP contribution is -2.00. The highest BCUT2D eigenvalue weighted by Gasteiger charge is 2.24. The number of hydrogen-bond donors (Lipinski definition) is 0. The summed E-state index contributed by atoms with van der Waals surface area (Å²) < 4.78 is 0. The summed E-state index contributed by atoms with van der Waals surface area (Å²) in [5.41, 5.74) is 5.76. The Bertz CT molecular complexity index is 554. The number of hydrogen-bond acceptors (Lipinski definition) is 2. The summed E-state index contributed by atoms with van der Waals surface area (Å²) in [6, 6.07) is 16.7. The van der Waals surface area contributed by atoms with Crippen LogP contribution in [0.1, 0.15) is 24.5 Å². The minimum Gasteiger partial charge on any atom is -0.395 e. The number of rotatable bonds is 3. The van der Waals surface area contributed by atoms with E-state index in [1.54, 1.807) is 0 Å². The van der Waals surface area contributed by atoms with Crippen molar-refractivity contribution in [2.75, 3.05) is 6.61 Å². The lowest BCUT2D eigenvalue weighted by molar-refractivity contribution is 0.145. The molecule has 0 atom stereocenters. The second kappa shape index (κ2) is 4.65. The zero-order chi connectivity index (χ0) is 12.4. The van der Waals surface area contributed by atoms with Crippen molar-refractivity contribution in [3.63, 3.8) is 0 Å². The zero-order valence-corrected chi connectivity index (χ0v) is 10.4. The Morgan fingerprint density at radius 1 is 0.833 bits per heavy atom. The number of nitrogens with zero attached hydrogens (tertiary/aromatic N) is 1. The molecule has 3 rings (SSSR count). The summed E-state index contributed by atoms with van der Waals surface area (Å²) in [5, 5.41) is 4.31. The van der Waals surface area contributed by atoms with Crippen LogP contribution in [0.15, 0.2) is 53.7 Å². The van der Waals surface area contributed by atoms with Crippen LogP contribution in [-0.4, -0.2) is 12.3 Å². The Morgan fingerprint density at radius 3 is 1.83 bits per heavy atom. The molecule has 0 saturated carbocycles. The van der Waals surface area contributed by atoms with Crippen LogP contribution in [0.4, 0.5) is 0 Å². The molecular weight excluding hydrogens is 222 g/mol. The van der Waals surface area contributed by atoms with E-state index in [1.165, 1.54) is 11.1 Å². The largest absolute Gasteiger partial charge is 0.395 e. The summed E-state index contributed by atoms with van der Waals surface area (Å²) >= 11 is 0. The third-order valence-electron chi connectivity index (χ3n) is 3.11. The molecule has 0 spiro atoms. The number of benzene rings is 2. The van der Waals surface area contributed by atoms with E-state index in [-0.39, 0.29) is 0 Å². The van der Waals surface area contributed by atoms with Gasteiger partial charge in [-0.25, -0.2) is 0 Å². The second-order valence-electron chi connectivity index (χ2n) is 4.36. The Balaban J connectivity index is 2.12. The minimum atomic E-state index is 0.661. The topological polar surface area (TPSA) is 21.6 Å². The molecule has 2 heteroatoms. The van der Waals surface area contributed by atoms with Crippen LogP contribution in [0.3, 0.4) is 0 Å². The molecule has 0 fully saturated rings. The summed E-state index contributed by atoms with van der Waals surface area (Å²) in [6.07, 6.45) is 0.972. The van der Waals surface area contributed by atoms with E-state index in [2.05, 4.69) is 48.5 Å². The maximum atomic E-state index is 5.37. The van der Waals surface area contributed by atoms with Crippen molar-refractivity contribution >= 4 is 5.71 Å². The quantitative estimate of drug-likeness (QED) is 0.501. The number of fused-ring (bicyclic) bond motifs is 3. The first-order valence-corrected chi connectivity index (χ1v) is 6.31. The van der Waals surface area contributed by atoms with Gasteiger partial charge in [-0.15, -0.1) is 0 Å². The lowest BCUT2D eigenvalue weighted by atomic mass is 10.1. The van der Waals surface area contributed by atoms with Crippen LogP contribution >= 0.6 is 0 Å². The Hall–Kier alpha value is -2.09. The zero-order valence-electron chi connectivity index (χ0n) is 10.4. The first-order valence-electron chi connectivity index (χ1n) is 6.31. The lowest BCUT2D eigenvalue weighted by Gasteiger charge is -2.01. The SMILES string of the molecule is CCCON=C1c2ccccc2-c2ccccc21. The molecule has 2 aromatic rings. The van der Waals surface area contributed by atoms with Gasteiger partial charge in [0.05, 0.1) is 0 Å². The molecular formula is C16H15NO. The fourth-order valence-corrected chi connectivity index (χ4v) is 2.29. The maximum Gasteiger partial charge on any atom is 0.118 e. The van der Waals surface area contributed by atoms with E-state index < -0.39 is 0 Å². The molecule has 0 aromatic heterocycles. The van der Waals surface area contributed by atoms with E-state index in [1.807, 2.05) is 12.1 Å². The normalized spacial score (nSPS) is 11.9. The van der Waals surface area contributed by atoms with Crippen LogP contribution in [0.25, 0.3) is 11.1 Å². The van der Waals surface area contributed by atoms with E-state index in [0.717, 1.165) is 23.3 Å². The molecule has 0 saturated heterocycles. The summed E-state index contributed by atoms with van der Waals surface area (Å²) in [7, 11) is 0. The molecule has 90 valence electrons. The Morgan fingerprint density at radius 2 is 1.33 bits per heavy atom. The van der Waals surface area contributed by atoms with Crippen molar-refractivity contribution in [3.05, 3.63) is 59.7 Å². The van der Waals surface area contributed by atoms with E-state index in [9.17, 15) is 0 Å². The average Bonchev–Trinajstić information content (AvgIpc) is 2.74. The molecule has 2 aromatic carbocycles. The highest BCUT2D eigenvalue weighted by Crippen LogP contribution is 2.36. The fraction of sp³-hybridized carbons (Fsp3) is 0.188.